The summed E-state index contributed by atoms with van der Waals surface area (Å²) in [5.74, 6) is 0. The molecule has 0 radical (unpaired) electrons. The third-order valence-electron chi connectivity index (χ3n) is 5.50. The van der Waals surface area contributed by atoms with Crippen molar-refractivity contribution in [2.75, 3.05) is 0 Å². The van der Waals surface area contributed by atoms with Gasteiger partial charge < -0.3 is 0 Å². The van der Waals surface area contributed by atoms with Crippen LogP contribution in [0, 0.1) is 0 Å². The molecule has 1 aliphatic rings. The van der Waals surface area contributed by atoms with Gasteiger partial charge in [0.25, 0.3) is 0 Å². The summed E-state index contributed by atoms with van der Waals surface area (Å²) < 4.78 is 0. The highest BCUT2D eigenvalue weighted by Gasteiger charge is 2.49. The summed E-state index contributed by atoms with van der Waals surface area (Å²) in [6.07, 6.45) is 2.56. The van der Waals surface area contributed by atoms with E-state index < -0.39 is 8.07 Å². The fourth-order valence-electron chi connectivity index (χ4n) is 4.28. The van der Waals surface area contributed by atoms with E-state index in [1.165, 1.54) is 27.8 Å². The Labute approximate surface area is 151 Å². The second-order valence-electron chi connectivity index (χ2n) is 7.89. The van der Waals surface area contributed by atoms with E-state index >= 15 is 0 Å². The van der Waals surface area contributed by atoms with Crippen LogP contribution in [-0.2, 0) is 5.04 Å². The SMILES string of the molecule is C[Si](C)(C)C1(c2ccccc2)C=C(c2ccccc2)c2ccccc21. The summed E-state index contributed by atoms with van der Waals surface area (Å²) in [7, 11) is -1.62. The average molecular weight is 341 g/mol. The molecule has 0 aromatic heterocycles. The van der Waals surface area contributed by atoms with Gasteiger partial charge >= 0.3 is 0 Å². The molecule has 0 spiro atoms. The van der Waals surface area contributed by atoms with Gasteiger partial charge in [-0.15, -0.1) is 0 Å². The highest BCUT2D eigenvalue weighted by molar-refractivity contribution is 6.80. The van der Waals surface area contributed by atoms with Gasteiger partial charge in [-0.25, -0.2) is 0 Å². The molecular weight excluding hydrogens is 316 g/mol. The van der Waals surface area contributed by atoms with Crippen LogP contribution in [0.3, 0.4) is 0 Å². The van der Waals surface area contributed by atoms with E-state index in [-0.39, 0.29) is 5.04 Å². The topological polar surface area (TPSA) is 0 Å². The second kappa shape index (κ2) is 5.85. The minimum atomic E-state index is -1.62. The van der Waals surface area contributed by atoms with Crippen LogP contribution in [-0.4, -0.2) is 8.07 Å². The maximum absolute atomic E-state index is 2.56. The second-order valence-corrected chi connectivity index (χ2v) is 13.2. The van der Waals surface area contributed by atoms with Crippen molar-refractivity contribution in [3.63, 3.8) is 0 Å². The van der Waals surface area contributed by atoms with Crippen LogP contribution in [0.1, 0.15) is 22.3 Å². The van der Waals surface area contributed by atoms with Gasteiger partial charge in [0, 0.05) is 5.04 Å². The molecule has 0 heterocycles. The van der Waals surface area contributed by atoms with Crippen molar-refractivity contribution in [2.24, 2.45) is 0 Å². The van der Waals surface area contributed by atoms with Gasteiger partial charge in [0.1, 0.15) is 0 Å². The van der Waals surface area contributed by atoms with Crippen molar-refractivity contribution >= 4 is 13.6 Å². The molecule has 124 valence electrons. The smallest absolute Gasteiger partial charge is 0.0661 e. The molecule has 0 aliphatic heterocycles. The van der Waals surface area contributed by atoms with Crippen LogP contribution in [0.25, 0.3) is 5.57 Å². The lowest BCUT2D eigenvalue weighted by molar-refractivity contribution is 0.885. The molecule has 1 unspecified atom stereocenters. The van der Waals surface area contributed by atoms with Gasteiger partial charge in [0.2, 0.25) is 0 Å². The lowest BCUT2D eigenvalue weighted by atomic mass is 9.91. The molecule has 0 nitrogen and oxygen atoms in total. The van der Waals surface area contributed by atoms with Crippen molar-refractivity contribution in [1.29, 1.82) is 0 Å². The number of benzene rings is 3. The molecule has 0 saturated heterocycles. The summed E-state index contributed by atoms with van der Waals surface area (Å²) >= 11 is 0. The van der Waals surface area contributed by atoms with Crippen LogP contribution in [0.15, 0.2) is 91.0 Å². The van der Waals surface area contributed by atoms with Crippen molar-refractivity contribution in [1.82, 2.24) is 0 Å². The molecular formula is C24H24Si. The molecule has 0 amide bonds. The maximum Gasteiger partial charge on any atom is 0.0661 e. The Morgan fingerprint density at radius 1 is 0.640 bits per heavy atom. The van der Waals surface area contributed by atoms with E-state index in [0.717, 1.165) is 0 Å². The number of allylic oxidation sites excluding steroid dienone is 1. The first kappa shape index (κ1) is 16.1. The molecule has 0 bridgehead atoms. The Morgan fingerprint density at radius 2 is 1.20 bits per heavy atom. The van der Waals surface area contributed by atoms with Gasteiger partial charge in [-0.05, 0) is 27.8 Å². The van der Waals surface area contributed by atoms with Crippen LogP contribution < -0.4 is 0 Å². The fraction of sp³-hybridized carbons (Fsp3) is 0.167. The molecule has 3 aromatic carbocycles. The number of rotatable bonds is 3. The molecule has 0 saturated carbocycles. The molecule has 1 atom stereocenters. The summed E-state index contributed by atoms with van der Waals surface area (Å²) in [5.41, 5.74) is 6.97. The predicted octanol–water partition coefficient (Wildman–Crippen LogP) is 6.30. The molecule has 1 aliphatic carbocycles. The van der Waals surface area contributed by atoms with Gasteiger partial charge in [-0.1, -0.05) is 111 Å². The Bertz CT molecular complexity index is 917. The number of hydrogen-bond acceptors (Lipinski definition) is 0. The summed E-state index contributed by atoms with van der Waals surface area (Å²) in [4.78, 5) is 0. The fourth-order valence-corrected chi connectivity index (χ4v) is 6.92. The zero-order valence-corrected chi connectivity index (χ0v) is 16.2. The Morgan fingerprint density at radius 3 is 1.84 bits per heavy atom. The lowest BCUT2D eigenvalue weighted by Crippen LogP contribution is -2.48. The molecule has 25 heavy (non-hydrogen) atoms. The van der Waals surface area contributed by atoms with Crippen molar-refractivity contribution in [3.05, 3.63) is 113 Å². The van der Waals surface area contributed by atoms with E-state index in [9.17, 15) is 0 Å². The summed E-state index contributed by atoms with van der Waals surface area (Å²) in [6.45, 7) is 7.46. The van der Waals surface area contributed by atoms with Crippen molar-refractivity contribution in [2.45, 2.75) is 24.7 Å². The summed E-state index contributed by atoms with van der Waals surface area (Å²) in [5, 5.41) is 0.00995. The van der Waals surface area contributed by atoms with Crippen LogP contribution in [0.5, 0.6) is 0 Å². The molecule has 1 heteroatoms. The monoisotopic (exact) mass is 340 g/mol. The minimum Gasteiger partial charge on any atom is -0.0683 e. The molecule has 3 aromatic rings. The third kappa shape index (κ3) is 2.42. The van der Waals surface area contributed by atoms with E-state index in [1.807, 2.05) is 0 Å². The first-order valence-corrected chi connectivity index (χ1v) is 12.5. The average Bonchev–Trinajstić information content (AvgIpc) is 3.00. The van der Waals surface area contributed by atoms with Gasteiger partial charge in [0.05, 0.1) is 8.07 Å². The summed E-state index contributed by atoms with van der Waals surface area (Å²) in [6, 6.07) is 30.9. The van der Waals surface area contributed by atoms with Gasteiger partial charge in [-0.2, -0.15) is 0 Å². The first-order chi connectivity index (χ1) is 12.0. The van der Waals surface area contributed by atoms with E-state index in [4.69, 9.17) is 0 Å². The molecule has 0 N–H and O–H groups in total. The maximum atomic E-state index is 2.56. The molecule has 0 fully saturated rings. The normalized spacial score (nSPS) is 19.4. The van der Waals surface area contributed by atoms with Crippen LogP contribution in [0.2, 0.25) is 19.6 Å². The quantitative estimate of drug-likeness (QED) is 0.491. The Kier molecular flexibility index (Phi) is 3.77. The van der Waals surface area contributed by atoms with E-state index in [0.29, 0.717) is 0 Å². The van der Waals surface area contributed by atoms with Gasteiger partial charge in [0.15, 0.2) is 0 Å². The van der Waals surface area contributed by atoms with Crippen LogP contribution >= 0.6 is 0 Å². The van der Waals surface area contributed by atoms with E-state index in [1.54, 1.807) is 0 Å². The Balaban J connectivity index is 2.07. The highest BCUT2D eigenvalue weighted by atomic mass is 28.3. The molecule has 4 rings (SSSR count). The van der Waals surface area contributed by atoms with Gasteiger partial charge in [-0.3, -0.25) is 0 Å². The Hall–Kier alpha value is -2.38. The van der Waals surface area contributed by atoms with Crippen LogP contribution in [0.4, 0.5) is 0 Å². The third-order valence-corrected chi connectivity index (χ3v) is 8.57. The number of fused-ring (bicyclic) bond motifs is 1. The standard InChI is InChI=1S/C24H24Si/c1-25(2,3)24(20-14-8-5-9-15-20)18-22(19-12-6-4-7-13-19)21-16-10-11-17-23(21)24/h4-18H,1-3H3. The van der Waals surface area contributed by atoms with Crippen molar-refractivity contribution in [3.8, 4) is 0 Å². The zero-order valence-electron chi connectivity index (χ0n) is 15.2. The predicted molar refractivity (Wildman–Crippen MR) is 111 cm³/mol. The highest BCUT2D eigenvalue weighted by Crippen LogP contribution is 2.51. The lowest BCUT2D eigenvalue weighted by Gasteiger charge is -2.41. The first-order valence-electron chi connectivity index (χ1n) is 8.98. The van der Waals surface area contributed by atoms with Crippen molar-refractivity contribution < 1.29 is 0 Å². The van der Waals surface area contributed by atoms with E-state index in [2.05, 4.69) is 111 Å². The largest absolute Gasteiger partial charge is 0.0683 e. The zero-order chi connectivity index (χ0) is 17.5. The minimum absolute atomic E-state index is 0.00995. The number of hydrogen-bond donors (Lipinski definition) is 0.